The van der Waals surface area contributed by atoms with Crippen molar-refractivity contribution in [3.8, 4) is 0 Å². The summed E-state index contributed by atoms with van der Waals surface area (Å²) < 4.78 is 0. The highest BCUT2D eigenvalue weighted by atomic mass is 35.5. The Bertz CT molecular complexity index is 739. The van der Waals surface area contributed by atoms with Crippen molar-refractivity contribution in [2.75, 3.05) is 20.1 Å². The Balaban J connectivity index is 1.49. The average Bonchev–Trinajstić information content (AvgIpc) is 3.41. The molecule has 0 aliphatic heterocycles. The van der Waals surface area contributed by atoms with Gasteiger partial charge >= 0.3 is 0 Å². The molecule has 6 heteroatoms. The molecule has 3 rings (SSSR count). The lowest BCUT2D eigenvalue weighted by Gasteiger charge is -2.19. The molecule has 0 radical (unpaired) electrons. The first kappa shape index (κ1) is 18.0. The third-order valence-corrected chi connectivity index (χ3v) is 5.06. The maximum absolute atomic E-state index is 6.14. The molecule has 132 valence electrons. The van der Waals surface area contributed by atoms with E-state index in [4.69, 9.17) is 23.2 Å². The Hall–Kier alpha value is -1.78. The number of halogens is 2. The zero-order chi connectivity index (χ0) is 17.7. The van der Waals surface area contributed by atoms with E-state index in [1.54, 1.807) is 13.2 Å². The molecule has 1 heterocycles. The first-order valence-electron chi connectivity index (χ1n) is 8.42. The van der Waals surface area contributed by atoms with E-state index in [1.165, 1.54) is 18.4 Å². The van der Waals surface area contributed by atoms with Crippen molar-refractivity contribution in [3.05, 3.63) is 63.9 Å². The van der Waals surface area contributed by atoms with Crippen molar-refractivity contribution < 1.29 is 0 Å². The number of benzene rings is 1. The Morgan fingerprint density at radius 1 is 1.20 bits per heavy atom. The van der Waals surface area contributed by atoms with Gasteiger partial charge in [-0.2, -0.15) is 0 Å². The zero-order valence-corrected chi connectivity index (χ0v) is 15.7. The second kappa shape index (κ2) is 8.07. The van der Waals surface area contributed by atoms with Crippen molar-refractivity contribution in [1.82, 2.24) is 15.6 Å². The van der Waals surface area contributed by atoms with Crippen LogP contribution in [0.4, 0.5) is 0 Å². The molecule has 0 bridgehead atoms. The van der Waals surface area contributed by atoms with Crippen LogP contribution in [0.5, 0.6) is 0 Å². The number of guanidine groups is 1. The van der Waals surface area contributed by atoms with E-state index >= 15 is 0 Å². The summed E-state index contributed by atoms with van der Waals surface area (Å²) >= 11 is 11.9. The van der Waals surface area contributed by atoms with E-state index in [2.05, 4.69) is 32.7 Å². The number of hydrogen-bond acceptors (Lipinski definition) is 2. The number of nitrogens with one attached hydrogen (secondary N) is 2. The van der Waals surface area contributed by atoms with Crippen LogP contribution in [0.2, 0.25) is 10.2 Å². The molecule has 2 aromatic rings. The van der Waals surface area contributed by atoms with E-state index in [0.29, 0.717) is 5.15 Å². The van der Waals surface area contributed by atoms with Crippen molar-refractivity contribution in [2.45, 2.75) is 24.7 Å². The first-order valence-corrected chi connectivity index (χ1v) is 9.18. The molecule has 0 saturated heterocycles. The zero-order valence-electron chi connectivity index (χ0n) is 14.2. The van der Waals surface area contributed by atoms with Gasteiger partial charge in [-0.1, -0.05) is 41.4 Å². The van der Waals surface area contributed by atoms with Gasteiger partial charge in [0.15, 0.2) is 5.96 Å². The van der Waals surface area contributed by atoms with E-state index in [9.17, 15) is 0 Å². The molecule has 1 fully saturated rings. The second-order valence-electron chi connectivity index (χ2n) is 6.38. The Morgan fingerprint density at radius 3 is 2.68 bits per heavy atom. The van der Waals surface area contributed by atoms with E-state index < -0.39 is 0 Å². The van der Waals surface area contributed by atoms with Crippen molar-refractivity contribution in [2.24, 2.45) is 4.99 Å². The molecule has 1 aromatic heterocycles. The summed E-state index contributed by atoms with van der Waals surface area (Å²) in [5.41, 5.74) is 2.63. The highest BCUT2D eigenvalue weighted by molar-refractivity contribution is 6.30. The largest absolute Gasteiger partial charge is 0.356 e. The second-order valence-corrected chi connectivity index (χ2v) is 7.21. The molecule has 0 unspecified atom stereocenters. The van der Waals surface area contributed by atoms with Crippen LogP contribution < -0.4 is 10.6 Å². The predicted molar refractivity (Wildman–Crippen MR) is 105 cm³/mol. The van der Waals surface area contributed by atoms with Gasteiger partial charge in [-0.15, -0.1) is 0 Å². The number of aromatic nitrogens is 1. The van der Waals surface area contributed by atoms with Gasteiger partial charge < -0.3 is 10.6 Å². The van der Waals surface area contributed by atoms with Gasteiger partial charge in [0.25, 0.3) is 0 Å². The summed E-state index contributed by atoms with van der Waals surface area (Å²) in [5.74, 6) is 0.815. The van der Waals surface area contributed by atoms with Crippen molar-refractivity contribution in [3.63, 3.8) is 0 Å². The summed E-state index contributed by atoms with van der Waals surface area (Å²) in [7, 11) is 1.79. The Morgan fingerprint density at radius 2 is 2.04 bits per heavy atom. The van der Waals surface area contributed by atoms with Gasteiger partial charge in [-0.3, -0.25) is 4.99 Å². The average molecular weight is 377 g/mol. The molecular formula is C19H22Cl2N4. The topological polar surface area (TPSA) is 49.3 Å². The van der Waals surface area contributed by atoms with Crippen molar-refractivity contribution >= 4 is 29.2 Å². The SMILES string of the molecule is CN=C(NCCc1ccc(Cl)nc1)NCC1(c2cccc(Cl)c2)CC1. The summed E-state index contributed by atoms with van der Waals surface area (Å²) in [6.07, 6.45) is 5.02. The minimum atomic E-state index is 0.183. The monoisotopic (exact) mass is 376 g/mol. The molecule has 2 N–H and O–H groups in total. The molecule has 1 aliphatic rings. The van der Waals surface area contributed by atoms with Crippen LogP contribution in [0.15, 0.2) is 47.6 Å². The molecule has 4 nitrogen and oxygen atoms in total. The van der Waals surface area contributed by atoms with Gasteiger partial charge in [0.2, 0.25) is 0 Å². The molecule has 25 heavy (non-hydrogen) atoms. The fourth-order valence-corrected chi connectivity index (χ4v) is 3.19. The minimum Gasteiger partial charge on any atom is -0.356 e. The third kappa shape index (κ3) is 4.86. The van der Waals surface area contributed by atoms with Crippen LogP contribution in [0.3, 0.4) is 0 Å². The number of aliphatic imine (C=N–C) groups is 1. The molecule has 1 aliphatic carbocycles. The van der Waals surface area contributed by atoms with E-state index in [0.717, 1.165) is 36.1 Å². The van der Waals surface area contributed by atoms with Gasteiger partial charge in [-0.25, -0.2) is 4.98 Å². The lowest BCUT2D eigenvalue weighted by atomic mass is 9.96. The minimum absolute atomic E-state index is 0.183. The normalized spacial score (nSPS) is 15.7. The molecule has 0 amide bonds. The van der Waals surface area contributed by atoms with Crippen LogP contribution >= 0.6 is 23.2 Å². The van der Waals surface area contributed by atoms with Gasteiger partial charge in [-0.05, 0) is 48.6 Å². The molecule has 0 spiro atoms. The lowest BCUT2D eigenvalue weighted by molar-refractivity contribution is 0.645. The quantitative estimate of drug-likeness (QED) is 0.457. The van der Waals surface area contributed by atoms with Gasteiger partial charge in [0.1, 0.15) is 5.15 Å². The molecule has 0 atom stereocenters. The van der Waals surface area contributed by atoms with Crippen molar-refractivity contribution in [1.29, 1.82) is 0 Å². The highest BCUT2D eigenvalue weighted by Gasteiger charge is 2.44. The van der Waals surface area contributed by atoms with Gasteiger partial charge in [0.05, 0.1) is 0 Å². The van der Waals surface area contributed by atoms with E-state index in [-0.39, 0.29) is 5.41 Å². The summed E-state index contributed by atoms with van der Waals surface area (Å²) in [4.78, 5) is 8.40. The Labute approximate surface area is 158 Å². The van der Waals surface area contributed by atoms with Crippen LogP contribution in [-0.2, 0) is 11.8 Å². The van der Waals surface area contributed by atoms with Crippen LogP contribution in [0, 0.1) is 0 Å². The standard InChI is InChI=1S/C19H22Cl2N4/c1-22-18(23-10-7-14-5-6-17(21)24-12-14)25-13-19(8-9-19)15-3-2-4-16(20)11-15/h2-6,11-12H,7-10,13H2,1H3,(H2,22,23,25). The smallest absolute Gasteiger partial charge is 0.191 e. The number of pyridine rings is 1. The molecule has 1 aromatic carbocycles. The van der Waals surface area contributed by atoms with Gasteiger partial charge in [0, 0.05) is 36.8 Å². The van der Waals surface area contributed by atoms with Crippen LogP contribution in [-0.4, -0.2) is 31.1 Å². The van der Waals surface area contributed by atoms with Crippen LogP contribution in [0.1, 0.15) is 24.0 Å². The molecular weight excluding hydrogens is 355 g/mol. The predicted octanol–water partition coefficient (Wildman–Crippen LogP) is 3.83. The summed E-state index contributed by atoms with van der Waals surface area (Å²) in [5, 5.41) is 8.11. The number of nitrogens with zero attached hydrogens (tertiary/aromatic N) is 2. The lowest BCUT2D eigenvalue weighted by Crippen LogP contribution is -2.42. The van der Waals surface area contributed by atoms with E-state index in [1.807, 2.05) is 24.3 Å². The maximum atomic E-state index is 6.14. The highest BCUT2D eigenvalue weighted by Crippen LogP contribution is 2.48. The number of hydrogen-bond donors (Lipinski definition) is 2. The molecule has 1 saturated carbocycles. The fourth-order valence-electron chi connectivity index (χ4n) is 2.89. The number of rotatable bonds is 6. The maximum Gasteiger partial charge on any atom is 0.191 e. The summed E-state index contributed by atoms with van der Waals surface area (Å²) in [6.45, 7) is 1.64. The first-order chi connectivity index (χ1) is 12.1. The third-order valence-electron chi connectivity index (χ3n) is 4.60. The van der Waals surface area contributed by atoms with Crippen LogP contribution in [0.25, 0.3) is 0 Å². The summed E-state index contributed by atoms with van der Waals surface area (Å²) in [6, 6.07) is 12.0. The fraction of sp³-hybridized carbons (Fsp3) is 0.368. The Kier molecular flexibility index (Phi) is 5.82.